The van der Waals surface area contributed by atoms with Gasteiger partial charge in [-0.25, -0.2) is 0 Å². The zero-order valence-electron chi connectivity index (χ0n) is 16.7. The van der Waals surface area contributed by atoms with Crippen molar-refractivity contribution in [2.45, 2.75) is 11.3 Å². The van der Waals surface area contributed by atoms with E-state index in [-0.39, 0.29) is 17.2 Å². The lowest BCUT2D eigenvalue weighted by Gasteiger charge is -2.04. The highest BCUT2D eigenvalue weighted by Gasteiger charge is 2.14. The van der Waals surface area contributed by atoms with E-state index in [0.29, 0.717) is 11.3 Å². The number of aromatic nitrogens is 2. The second-order valence-corrected chi connectivity index (χ2v) is 8.63. The second-order valence-electron chi connectivity index (χ2n) is 7.06. The molecule has 156 valence electrons. The maximum Gasteiger partial charge on any atom is 0.204 e. The first-order chi connectivity index (χ1) is 15.1. The van der Waals surface area contributed by atoms with Crippen LogP contribution in [-0.4, -0.2) is 31.4 Å². The van der Waals surface area contributed by atoms with Gasteiger partial charge in [-0.1, -0.05) is 42.5 Å². The molecule has 4 aromatic rings. The van der Waals surface area contributed by atoms with Crippen LogP contribution in [0.4, 0.5) is 0 Å². The highest BCUT2D eigenvalue weighted by molar-refractivity contribution is 7.85. The third-order valence-electron chi connectivity index (χ3n) is 4.97. The largest absolute Gasteiger partial charge is 0.354 e. The van der Waals surface area contributed by atoms with Crippen molar-refractivity contribution in [3.8, 4) is 33.6 Å². The van der Waals surface area contributed by atoms with Gasteiger partial charge in [-0.2, -0.15) is 0 Å². The molecule has 0 spiro atoms. The molecule has 0 aliphatic heterocycles. The van der Waals surface area contributed by atoms with Crippen LogP contribution in [-0.2, 0) is 10.8 Å². The number of nitrogens with zero attached hydrogens (tertiary/aromatic N) is 2. The summed E-state index contributed by atoms with van der Waals surface area (Å²) in [6, 6.07) is 23.7. The van der Waals surface area contributed by atoms with Crippen molar-refractivity contribution in [2.24, 2.45) is 0 Å². The summed E-state index contributed by atoms with van der Waals surface area (Å²) in [7, 11) is -1.24. The van der Waals surface area contributed by atoms with Crippen LogP contribution in [0.3, 0.4) is 0 Å². The zero-order valence-corrected chi connectivity index (χ0v) is 17.5. The molecule has 7 heteroatoms. The minimum Gasteiger partial charge on any atom is -0.354 e. The third-order valence-corrected chi connectivity index (χ3v) is 6.43. The second kappa shape index (κ2) is 9.49. The molecule has 0 aliphatic carbocycles. The molecule has 2 heterocycles. The number of benzene rings is 2. The number of nitro groups is 1. The van der Waals surface area contributed by atoms with E-state index in [1.54, 1.807) is 12.4 Å². The fourth-order valence-electron chi connectivity index (χ4n) is 3.43. The van der Waals surface area contributed by atoms with E-state index >= 15 is 0 Å². The Balaban J connectivity index is 1.63. The van der Waals surface area contributed by atoms with Crippen LogP contribution in [0, 0.1) is 10.1 Å². The number of pyridine rings is 1. The molecule has 0 bridgehead atoms. The molecule has 1 atom stereocenters. The molecule has 0 saturated heterocycles. The van der Waals surface area contributed by atoms with Crippen molar-refractivity contribution in [3.63, 3.8) is 0 Å². The van der Waals surface area contributed by atoms with Gasteiger partial charge in [0.05, 0.1) is 16.5 Å². The Labute approximate surface area is 182 Å². The lowest BCUT2D eigenvalue weighted by Crippen LogP contribution is -2.06. The first-order valence-corrected chi connectivity index (χ1v) is 11.2. The Hall–Kier alpha value is -3.58. The Morgan fingerprint density at radius 3 is 2.29 bits per heavy atom. The van der Waals surface area contributed by atoms with Gasteiger partial charge in [0.1, 0.15) is 0 Å². The summed E-state index contributed by atoms with van der Waals surface area (Å²) in [6.07, 6.45) is 3.85. The predicted octanol–water partition coefficient (Wildman–Crippen LogP) is 5.19. The minimum atomic E-state index is -1.24. The van der Waals surface area contributed by atoms with Gasteiger partial charge in [-0.05, 0) is 47.0 Å². The van der Waals surface area contributed by atoms with E-state index in [0.717, 1.165) is 33.6 Å². The number of nitrogens with one attached hydrogen (secondary N) is 1. The molecular weight excluding hydrogens is 410 g/mol. The van der Waals surface area contributed by atoms with Crippen molar-refractivity contribution in [3.05, 3.63) is 95.3 Å². The molecule has 1 unspecified atom stereocenters. The van der Waals surface area contributed by atoms with Gasteiger partial charge in [0.15, 0.2) is 0 Å². The summed E-state index contributed by atoms with van der Waals surface area (Å²) >= 11 is 0. The van der Waals surface area contributed by atoms with E-state index in [1.165, 1.54) is 0 Å². The first kappa shape index (κ1) is 20.7. The lowest BCUT2D eigenvalue weighted by atomic mass is 10.0. The molecule has 0 aliphatic rings. The SMILES string of the molecule is O=[N+]([O-])CCCS(=O)c1ccc(-c2cc(-c3ccncc3)c(-c3ccccc3)[nH]2)cc1. The minimum absolute atomic E-state index is 0.160. The van der Waals surface area contributed by atoms with E-state index in [2.05, 4.69) is 28.2 Å². The summed E-state index contributed by atoms with van der Waals surface area (Å²) in [5.41, 5.74) is 6.19. The maximum atomic E-state index is 12.4. The van der Waals surface area contributed by atoms with E-state index in [4.69, 9.17) is 0 Å². The Morgan fingerprint density at radius 1 is 0.903 bits per heavy atom. The van der Waals surface area contributed by atoms with Gasteiger partial charge in [-0.3, -0.25) is 19.3 Å². The average Bonchev–Trinajstić information content (AvgIpc) is 3.26. The molecule has 0 saturated carbocycles. The summed E-state index contributed by atoms with van der Waals surface area (Å²) in [4.78, 5) is 18.4. The Bertz CT molecular complexity index is 1130. The van der Waals surface area contributed by atoms with Crippen molar-refractivity contribution >= 4 is 10.8 Å². The molecule has 6 nitrogen and oxygen atoms in total. The van der Waals surface area contributed by atoms with Gasteiger partial charge in [0, 0.05) is 45.6 Å². The van der Waals surface area contributed by atoms with Crippen LogP contribution in [0.15, 0.2) is 90.1 Å². The fourth-order valence-corrected chi connectivity index (χ4v) is 4.50. The predicted molar refractivity (Wildman–Crippen MR) is 123 cm³/mol. The molecule has 4 rings (SSSR count). The van der Waals surface area contributed by atoms with Crippen molar-refractivity contribution in [1.82, 2.24) is 9.97 Å². The molecule has 2 aromatic heterocycles. The van der Waals surface area contributed by atoms with Crippen LogP contribution >= 0.6 is 0 Å². The Morgan fingerprint density at radius 2 is 1.61 bits per heavy atom. The molecule has 1 N–H and O–H groups in total. The fraction of sp³-hybridized carbons (Fsp3) is 0.125. The van der Waals surface area contributed by atoms with Crippen LogP contribution in [0.1, 0.15) is 6.42 Å². The molecule has 0 amide bonds. The zero-order chi connectivity index (χ0) is 21.6. The Kier molecular flexibility index (Phi) is 6.33. The number of hydrogen-bond acceptors (Lipinski definition) is 4. The highest BCUT2D eigenvalue weighted by Crippen LogP contribution is 2.35. The quantitative estimate of drug-likeness (QED) is 0.307. The van der Waals surface area contributed by atoms with Gasteiger partial charge in [-0.15, -0.1) is 0 Å². The number of aromatic amines is 1. The molecular formula is C24H21N3O3S. The normalized spacial score (nSPS) is 11.9. The van der Waals surface area contributed by atoms with E-state index in [9.17, 15) is 14.3 Å². The van der Waals surface area contributed by atoms with Gasteiger partial charge in [0.25, 0.3) is 0 Å². The number of hydrogen-bond donors (Lipinski definition) is 1. The topological polar surface area (TPSA) is 88.9 Å². The highest BCUT2D eigenvalue weighted by atomic mass is 32.2. The first-order valence-electron chi connectivity index (χ1n) is 9.91. The smallest absolute Gasteiger partial charge is 0.204 e. The summed E-state index contributed by atoms with van der Waals surface area (Å²) in [5.74, 6) is 0.285. The van der Waals surface area contributed by atoms with Crippen LogP contribution in [0.2, 0.25) is 0 Å². The van der Waals surface area contributed by atoms with E-state index < -0.39 is 10.8 Å². The van der Waals surface area contributed by atoms with Gasteiger partial charge >= 0.3 is 0 Å². The lowest BCUT2D eigenvalue weighted by molar-refractivity contribution is -0.479. The number of H-pyrrole nitrogens is 1. The molecule has 0 radical (unpaired) electrons. The van der Waals surface area contributed by atoms with Crippen LogP contribution < -0.4 is 0 Å². The molecule has 31 heavy (non-hydrogen) atoms. The monoisotopic (exact) mass is 431 g/mol. The van der Waals surface area contributed by atoms with Crippen LogP contribution in [0.25, 0.3) is 33.6 Å². The molecule has 2 aromatic carbocycles. The summed E-state index contributed by atoms with van der Waals surface area (Å²) < 4.78 is 12.4. The summed E-state index contributed by atoms with van der Waals surface area (Å²) in [6.45, 7) is -0.160. The van der Waals surface area contributed by atoms with Crippen molar-refractivity contribution in [1.29, 1.82) is 0 Å². The van der Waals surface area contributed by atoms with Gasteiger partial charge in [0.2, 0.25) is 6.54 Å². The standard InChI is InChI=1S/C24H21N3O3S/c28-27(29)15-4-16-31(30)21-9-7-19(8-10-21)23-17-22(18-11-13-25-14-12-18)24(26-23)20-5-2-1-3-6-20/h1-3,5-14,17,26H,4,15-16H2. The van der Waals surface area contributed by atoms with Crippen molar-refractivity contribution in [2.75, 3.05) is 12.3 Å². The van der Waals surface area contributed by atoms with Crippen molar-refractivity contribution < 1.29 is 9.13 Å². The van der Waals surface area contributed by atoms with Gasteiger partial charge < -0.3 is 4.98 Å². The van der Waals surface area contributed by atoms with Crippen LogP contribution in [0.5, 0.6) is 0 Å². The third kappa shape index (κ3) is 4.95. The number of rotatable bonds is 8. The molecule has 0 fully saturated rings. The summed E-state index contributed by atoms with van der Waals surface area (Å²) in [5, 5.41) is 10.5. The van der Waals surface area contributed by atoms with E-state index in [1.807, 2.05) is 54.6 Å². The maximum absolute atomic E-state index is 12.4. The average molecular weight is 432 g/mol.